The van der Waals surface area contributed by atoms with Crippen molar-refractivity contribution >= 4 is 17.8 Å². The Labute approximate surface area is 209 Å². The van der Waals surface area contributed by atoms with Crippen LogP contribution in [0.5, 0.6) is 11.5 Å². The zero-order chi connectivity index (χ0) is 24.9. The molecular weight excluding hydrogens is 460 g/mol. The first kappa shape index (κ1) is 23.0. The molecule has 0 bridgehead atoms. The molecule has 8 nitrogen and oxygen atoms in total. The molecule has 4 atom stereocenters. The number of fused-ring (bicyclic) bond motifs is 2. The highest BCUT2D eigenvalue weighted by atomic mass is 16.6. The van der Waals surface area contributed by atoms with Gasteiger partial charge in [0, 0.05) is 18.5 Å². The van der Waals surface area contributed by atoms with Gasteiger partial charge in [-0.25, -0.2) is 0 Å². The van der Waals surface area contributed by atoms with Crippen LogP contribution in [0.2, 0.25) is 0 Å². The molecule has 3 aliphatic heterocycles. The zero-order valence-electron chi connectivity index (χ0n) is 20.0. The van der Waals surface area contributed by atoms with Gasteiger partial charge in [0.05, 0.1) is 11.8 Å². The van der Waals surface area contributed by atoms with E-state index < -0.39 is 29.4 Å². The maximum absolute atomic E-state index is 14.0. The molecule has 1 aliphatic carbocycles. The van der Waals surface area contributed by atoms with E-state index in [1.165, 1.54) is 4.90 Å². The van der Waals surface area contributed by atoms with E-state index >= 15 is 0 Å². The maximum atomic E-state index is 14.0. The van der Waals surface area contributed by atoms with Crippen molar-refractivity contribution in [2.24, 2.45) is 11.8 Å². The van der Waals surface area contributed by atoms with Crippen LogP contribution in [0.1, 0.15) is 49.3 Å². The van der Waals surface area contributed by atoms with E-state index in [-0.39, 0.29) is 24.3 Å². The molecule has 1 saturated carbocycles. The number of ether oxygens (including phenoxy) is 2. The Balaban J connectivity index is 1.45. The van der Waals surface area contributed by atoms with Gasteiger partial charge in [-0.3, -0.25) is 24.6 Å². The summed E-state index contributed by atoms with van der Waals surface area (Å²) in [5, 5.41) is 13.9. The van der Waals surface area contributed by atoms with Crippen molar-refractivity contribution in [1.82, 2.24) is 10.2 Å². The highest BCUT2D eigenvalue weighted by molar-refractivity contribution is 6.09. The summed E-state index contributed by atoms with van der Waals surface area (Å²) < 4.78 is 11.4. The number of carboxylic acid groups (broad SMARTS) is 1. The molecule has 2 saturated heterocycles. The first-order valence-electron chi connectivity index (χ1n) is 12.8. The van der Waals surface area contributed by atoms with Crippen LogP contribution in [0.15, 0.2) is 48.5 Å². The highest BCUT2D eigenvalue weighted by Gasteiger charge is 2.69. The maximum Gasteiger partial charge on any atom is 0.325 e. The summed E-state index contributed by atoms with van der Waals surface area (Å²) in [5.74, 6) is -2.36. The topological polar surface area (TPSA) is 105 Å². The minimum Gasteiger partial charge on any atom is -0.486 e. The van der Waals surface area contributed by atoms with E-state index in [2.05, 4.69) is 5.32 Å². The molecule has 36 heavy (non-hydrogen) atoms. The smallest absolute Gasteiger partial charge is 0.325 e. The first-order valence-corrected chi connectivity index (χ1v) is 12.8. The van der Waals surface area contributed by atoms with Crippen molar-refractivity contribution in [3.8, 4) is 11.5 Å². The van der Waals surface area contributed by atoms with Crippen LogP contribution in [-0.4, -0.2) is 52.6 Å². The number of rotatable bonds is 5. The zero-order valence-corrected chi connectivity index (χ0v) is 20.0. The lowest BCUT2D eigenvalue weighted by atomic mass is 9.76. The summed E-state index contributed by atoms with van der Waals surface area (Å²) in [6, 6.07) is 13.9. The molecule has 6 rings (SSSR count). The standard InChI is InChI=1S/C28H30N2O6/c31-25-22-23(26(32)30(25)19-9-5-2-6-10-19)28(27(33)34,16-17-7-3-1-4-8-17)29-24(22)18-11-12-20-21(15-18)36-14-13-35-20/h1,3-4,7-8,11-12,15,19,22-24,29H,2,5-6,9-10,13-14,16H2,(H,33,34). The van der Waals surface area contributed by atoms with Gasteiger partial charge in [0.2, 0.25) is 11.8 Å². The van der Waals surface area contributed by atoms with E-state index in [0.29, 0.717) is 24.7 Å². The van der Waals surface area contributed by atoms with Crippen molar-refractivity contribution in [2.75, 3.05) is 13.2 Å². The third-order valence-electron chi connectivity index (χ3n) is 8.26. The number of amides is 2. The summed E-state index contributed by atoms with van der Waals surface area (Å²) >= 11 is 0. The number of likely N-dealkylation sites (tertiary alicyclic amines) is 1. The summed E-state index contributed by atoms with van der Waals surface area (Å²) in [4.78, 5) is 42.4. The molecule has 0 spiro atoms. The predicted molar refractivity (Wildman–Crippen MR) is 130 cm³/mol. The predicted octanol–water partition coefficient (Wildman–Crippen LogP) is 3.10. The Kier molecular flexibility index (Phi) is 5.71. The Hall–Kier alpha value is -3.39. The second-order valence-corrected chi connectivity index (χ2v) is 10.3. The van der Waals surface area contributed by atoms with Crippen LogP contribution >= 0.6 is 0 Å². The normalized spacial score (nSPS) is 29.9. The number of nitrogens with one attached hydrogen (secondary N) is 1. The van der Waals surface area contributed by atoms with Gasteiger partial charge in [-0.05, 0) is 36.1 Å². The van der Waals surface area contributed by atoms with Crippen LogP contribution in [-0.2, 0) is 20.8 Å². The van der Waals surface area contributed by atoms with Gasteiger partial charge < -0.3 is 14.6 Å². The Bertz CT molecular complexity index is 1190. The highest BCUT2D eigenvalue weighted by Crippen LogP contribution is 2.52. The molecule has 188 valence electrons. The van der Waals surface area contributed by atoms with Crippen molar-refractivity contribution in [2.45, 2.75) is 56.1 Å². The molecular formula is C28H30N2O6. The summed E-state index contributed by atoms with van der Waals surface area (Å²) in [5.41, 5.74) is -0.0949. The third-order valence-corrected chi connectivity index (χ3v) is 8.26. The lowest BCUT2D eigenvalue weighted by Gasteiger charge is -2.34. The SMILES string of the molecule is O=C1C2C(c3ccc4c(c3)OCCO4)NC(Cc3ccccc3)(C(=O)O)C2C(=O)N1C1CCCCC1. The number of aliphatic carboxylic acids is 1. The number of carbonyl (C=O) groups is 3. The minimum atomic E-state index is -1.61. The van der Waals surface area contributed by atoms with Crippen molar-refractivity contribution in [1.29, 1.82) is 0 Å². The molecule has 3 heterocycles. The number of hydrogen-bond donors (Lipinski definition) is 2. The number of benzene rings is 2. The van der Waals surface area contributed by atoms with Crippen molar-refractivity contribution < 1.29 is 29.0 Å². The quantitative estimate of drug-likeness (QED) is 0.621. The Morgan fingerprint density at radius 1 is 0.972 bits per heavy atom. The van der Waals surface area contributed by atoms with Gasteiger partial charge in [0.25, 0.3) is 0 Å². The molecule has 0 aromatic heterocycles. The number of nitrogens with zero attached hydrogens (tertiary/aromatic N) is 1. The van der Waals surface area contributed by atoms with Gasteiger partial charge >= 0.3 is 5.97 Å². The molecule has 4 unspecified atom stereocenters. The summed E-state index contributed by atoms with van der Waals surface area (Å²) in [6.45, 7) is 0.877. The molecule has 0 radical (unpaired) electrons. The molecule has 4 aliphatic rings. The fourth-order valence-electron chi connectivity index (χ4n) is 6.62. The van der Waals surface area contributed by atoms with Crippen molar-refractivity contribution in [3.63, 3.8) is 0 Å². The molecule has 2 N–H and O–H groups in total. The molecule has 2 aromatic rings. The number of carboxylic acids is 1. The summed E-state index contributed by atoms with van der Waals surface area (Å²) in [7, 11) is 0. The van der Waals surface area contributed by atoms with Gasteiger partial charge in [-0.1, -0.05) is 55.7 Å². The van der Waals surface area contributed by atoms with Gasteiger partial charge in [-0.15, -0.1) is 0 Å². The fraction of sp³-hybridized carbons (Fsp3) is 0.464. The Morgan fingerprint density at radius 3 is 2.42 bits per heavy atom. The van der Waals surface area contributed by atoms with E-state index in [1.807, 2.05) is 42.5 Å². The number of carbonyl (C=O) groups excluding carboxylic acids is 2. The van der Waals surface area contributed by atoms with E-state index in [9.17, 15) is 19.5 Å². The first-order chi connectivity index (χ1) is 17.5. The van der Waals surface area contributed by atoms with Crippen LogP contribution in [0.3, 0.4) is 0 Å². The van der Waals surface area contributed by atoms with Crippen LogP contribution in [0.25, 0.3) is 0 Å². The van der Waals surface area contributed by atoms with Crippen LogP contribution < -0.4 is 14.8 Å². The monoisotopic (exact) mass is 490 g/mol. The average Bonchev–Trinajstić information content (AvgIpc) is 3.38. The lowest BCUT2D eigenvalue weighted by molar-refractivity contribution is -0.152. The van der Waals surface area contributed by atoms with E-state index in [0.717, 1.165) is 43.2 Å². The second-order valence-electron chi connectivity index (χ2n) is 10.3. The molecule has 2 aromatic carbocycles. The van der Waals surface area contributed by atoms with Crippen molar-refractivity contribution in [3.05, 3.63) is 59.7 Å². The van der Waals surface area contributed by atoms with Crippen LogP contribution in [0, 0.1) is 11.8 Å². The van der Waals surface area contributed by atoms with Gasteiger partial charge in [0.15, 0.2) is 11.5 Å². The molecule has 8 heteroatoms. The minimum absolute atomic E-state index is 0.100. The molecule has 2 amide bonds. The number of hydrogen-bond acceptors (Lipinski definition) is 6. The van der Waals surface area contributed by atoms with E-state index in [1.54, 1.807) is 6.07 Å². The Morgan fingerprint density at radius 2 is 1.69 bits per heavy atom. The second kappa shape index (κ2) is 8.92. The van der Waals surface area contributed by atoms with Crippen LogP contribution in [0.4, 0.5) is 0 Å². The number of imide groups is 1. The van der Waals surface area contributed by atoms with E-state index in [4.69, 9.17) is 9.47 Å². The average molecular weight is 491 g/mol. The van der Waals surface area contributed by atoms with Gasteiger partial charge in [-0.2, -0.15) is 0 Å². The lowest BCUT2D eigenvalue weighted by Crippen LogP contribution is -2.58. The largest absolute Gasteiger partial charge is 0.486 e. The summed E-state index contributed by atoms with van der Waals surface area (Å²) in [6.07, 6.45) is 4.68. The molecule has 3 fully saturated rings. The van der Waals surface area contributed by atoms with Gasteiger partial charge in [0.1, 0.15) is 18.8 Å². The fourth-order valence-corrected chi connectivity index (χ4v) is 6.62. The third kappa shape index (κ3) is 3.58.